The summed E-state index contributed by atoms with van der Waals surface area (Å²) in [5.41, 5.74) is 0. The van der Waals surface area contributed by atoms with Crippen LogP contribution >= 0.6 is 0 Å². The molecule has 0 radical (unpaired) electrons. The fourth-order valence-corrected chi connectivity index (χ4v) is 3.19. The van der Waals surface area contributed by atoms with E-state index in [-0.39, 0.29) is 0 Å². The molecule has 1 saturated carbocycles. The molecule has 1 heterocycles. The topological polar surface area (TPSA) is 3.24 Å². The first-order valence-electron chi connectivity index (χ1n) is 6.59. The summed E-state index contributed by atoms with van der Waals surface area (Å²) in [5, 5.41) is 0. The quantitative estimate of drug-likeness (QED) is 0.668. The van der Waals surface area contributed by atoms with Crippen molar-refractivity contribution in [1.82, 2.24) is 4.90 Å². The average molecular weight is 195 g/mol. The lowest BCUT2D eigenvalue weighted by molar-refractivity contribution is 0.0445. The van der Waals surface area contributed by atoms with E-state index in [2.05, 4.69) is 18.7 Å². The Morgan fingerprint density at radius 3 is 2.21 bits per heavy atom. The van der Waals surface area contributed by atoms with Gasteiger partial charge in [-0.15, -0.1) is 0 Å². The van der Waals surface area contributed by atoms with E-state index >= 15 is 0 Å². The van der Waals surface area contributed by atoms with Crippen molar-refractivity contribution in [2.45, 2.75) is 58.4 Å². The van der Waals surface area contributed by atoms with E-state index in [4.69, 9.17) is 0 Å². The number of hydrogen-bond acceptors (Lipinski definition) is 1. The minimum atomic E-state index is 0.974. The van der Waals surface area contributed by atoms with E-state index in [0.29, 0.717) is 0 Å². The minimum Gasteiger partial charge on any atom is -0.300 e. The highest BCUT2D eigenvalue weighted by molar-refractivity contribution is 4.86. The van der Waals surface area contributed by atoms with Crippen LogP contribution in [0.5, 0.6) is 0 Å². The van der Waals surface area contributed by atoms with Crippen LogP contribution in [0.25, 0.3) is 0 Å². The van der Waals surface area contributed by atoms with E-state index in [1.54, 1.807) is 0 Å². The number of piperidine rings is 1. The molecule has 1 aliphatic heterocycles. The van der Waals surface area contributed by atoms with Crippen molar-refractivity contribution in [3.05, 3.63) is 0 Å². The molecule has 0 amide bonds. The van der Waals surface area contributed by atoms with Crippen molar-refractivity contribution in [3.8, 4) is 0 Å². The van der Waals surface area contributed by atoms with Crippen LogP contribution in [0.4, 0.5) is 0 Å². The summed E-state index contributed by atoms with van der Waals surface area (Å²) in [4.78, 5) is 2.78. The van der Waals surface area contributed by atoms with Gasteiger partial charge in [0, 0.05) is 12.6 Å². The van der Waals surface area contributed by atoms with Gasteiger partial charge in [0.25, 0.3) is 0 Å². The van der Waals surface area contributed by atoms with Crippen molar-refractivity contribution < 1.29 is 0 Å². The molecule has 0 unspecified atom stereocenters. The van der Waals surface area contributed by atoms with Gasteiger partial charge in [0.15, 0.2) is 0 Å². The molecule has 0 bridgehead atoms. The zero-order chi connectivity index (χ0) is 9.97. The van der Waals surface area contributed by atoms with Crippen LogP contribution in [0.15, 0.2) is 0 Å². The molecule has 1 heteroatoms. The highest BCUT2D eigenvalue weighted by atomic mass is 15.2. The number of likely N-dealkylation sites (tertiary alicyclic amines) is 1. The smallest absolute Gasteiger partial charge is 0.00953 e. The summed E-state index contributed by atoms with van der Waals surface area (Å²) in [6.07, 6.45) is 8.69. The van der Waals surface area contributed by atoms with Crippen molar-refractivity contribution in [2.75, 3.05) is 13.1 Å². The molecule has 82 valence electrons. The van der Waals surface area contributed by atoms with Gasteiger partial charge in [-0.2, -0.15) is 0 Å². The van der Waals surface area contributed by atoms with Crippen LogP contribution in [0.2, 0.25) is 0 Å². The van der Waals surface area contributed by atoms with Gasteiger partial charge in [-0.3, -0.25) is 0 Å². The van der Waals surface area contributed by atoms with Gasteiger partial charge < -0.3 is 4.90 Å². The lowest BCUT2D eigenvalue weighted by Crippen LogP contribution is -2.48. The monoisotopic (exact) mass is 195 g/mol. The van der Waals surface area contributed by atoms with Crippen LogP contribution in [0.3, 0.4) is 0 Å². The van der Waals surface area contributed by atoms with Crippen LogP contribution in [0.1, 0.15) is 52.4 Å². The predicted octanol–water partition coefficient (Wildman–Crippen LogP) is 3.30. The third kappa shape index (κ3) is 1.98. The van der Waals surface area contributed by atoms with Gasteiger partial charge in [0.05, 0.1) is 0 Å². The van der Waals surface area contributed by atoms with Crippen molar-refractivity contribution in [3.63, 3.8) is 0 Å². The molecule has 2 fully saturated rings. The van der Waals surface area contributed by atoms with Gasteiger partial charge in [-0.05, 0) is 37.6 Å². The lowest BCUT2D eigenvalue weighted by Gasteiger charge is -2.45. The molecule has 0 N–H and O–H groups in total. The van der Waals surface area contributed by atoms with Crippen molar-refractivity contribution in [2.24, 2.45) is 11.8 Å². The van der Waals surface area contributed by atoms with Gasteiger partial charge in [0.2, 0.25) is 0 Å². The fraction of sp³-hybridized carbons (Fsp3) is 1.00. The fourth-order valence-electron chi connectivity index (χ4n) is 3.19. The largest absolute Gasteiger partial charge is 0.300 e. The molecule has 1 aliphatic carbocycles. The zero-order valence-electron chi connectivity index (χ0n) is 9.84. The second kappa shape index (κ2) is 4.65. The van der Waals surface area contributed by atoms with Crippen LogP contribution in [-0.2, 0) is 0 Å². The summed E-state index contributed by atoms with van der Waals surface area (Å²) in [5.74, 6) is 2.02. The second-order valence-electron chi connectivity index (χ2n) is 5.20. The molecular formula is C13H25N. The molecule has 2 rings (SSSR count). The van der Waals surface area contributed by atoms with Gasteiger partial charge >= 0.3 is 0 Å². The molecule has 1 saturated heterocycles. The molecule has 0 aromatic heterocycles. The normalized spacial score (nSPS) is 35.6. The lowest BCUT2D eigenvalue weighted by atomic mass is 9.80. The Morgan fingerprint density at radius 1 is 1.00 bits per heavy atom. The summed E-state index contributed by atoms with van der Waals surface area (Å²) in [6, 6.07) is 0.974. The second-order valence-corrected chi connectivity index (χ2v) is 5.20. The third-order valence-corrected chi connectivity index (χ3v) is 4.56. The number of hydrogen-bond donors (Lipinski definition) is 0. The summed E-state index contributed by atoms with van der Waals surface area (Å²) >= 11 is 0. The van der Waals surface area contributed by atoms with E-state index in [1.807, 2.05) is 0 Å². The van der Waals surface area contributed by atoms with Gasteiger partial charge in [-0.25, -0.2) is 0 Å². The Bertz CT molecular complexity index is 174. The van der Waals surface area contributed by atoms with E-state index in [9.17, 15) is 0 Å². The highest BCUT2D eigenvalue weighted by Crippen LogP contribution is 2.33. The first kappa shape index (κ1) is 10.5. The highest BCUT2D eigenvalue weighted by Gasteiger charge is 2.32. The summed E-state index contributed by atoms with van der Waals surface area (Å²) in [6.45, 7) is 7.53. The SMILES string of the molecule is CC[C@@H]1CCN(C2CCC2)C[C@H]1CC. The van der Waals surface area contributed by atoms with Crippen molar-refractivity contribution >= 4 is 0 Å². The molecular weight excluding hydrogens is 170 g/mol. The Morgan fingerprint density at radius 2 is 1.71 bits per heavy atom. The Labute approximate surface area is 88.9 Å². The van der Waals surface area contributed by atoms with Gasteiger partial charge in [0.1, 0.15) is 0 Å². The maximum Gasteiger partial charge on any atom is 0.00953 e. The minimum absolute atomic E-state index is 0.974. The number of rotatable bonds is 3. The van der Waals surface area contributed by atoms with E-state index in [0.717, 1.165) is 17.9 Å². The summed E-state index contributed by atoms with van der Waals surface area (Å²) in [7, 11) is 0. The Balaban J connectivity index is 1.86. The first-order valence-corrected chi connectivity index (χ1v) is 6.59. The maximum atomic E-state index is 2.78. The molecule has 14 heavy (non-hydrogen) atoms. The van der Waals surface area contributed by atoms with E-state index < -0.39 is 0 Å². The molecule has 2 atom stereocenters. The van der Waals surface area contributed by atoms with Gasteiger partial charge in [-0.1, -0.05) is 33.1 Å². The molecule has 2 aliphatic rings. The molecule has 0 aromatic carbocycles. The Kier molecular flexibility index (Phi) is 3.48. The van der Waals surface area contributed by atoms with Crippen LogP contribution in [0, 0.1) is 11.8 Å². The predicted molar refractivity (Wildman–Crippen MR) is 61.4 cm³/mol. The maximum absolute atomic E-state index is 2.78. The average Bonchev–Trinajstić information content (AvgIpc) is 2.15. The zero-order valence-corrected chi connectivity index (χ0v) is 9.84. The molecule has 0 spiro atoms. The van der Waals surface area contributed by atoms with E-state index in [1.165, 1.54) is 51.6 Å². The molecule has 1 nitrogen and oxygen atoms in total. The first-order chi connectivity index (χ1) is 6.85. The summed E-state index contributed by atoms with van der Waals surface area (Å²) < 4.78 is 0. The third-order valence-electron chi connectivity index (χ3n) is 4.56. The van der Waals surface area contributed by atoms with Crippen LogP contribution < -0.4 is 0 Å². The Hall–Kier alpha value is -0.0400. The standard InChI is InChI=1S/C13H25N/c1-3-11-8-9-14(10-12(11)4-2)13-6-5-7-13/h11-13H,3-10H2,1-2H3/t11-,12-/m1/s1. The van der Waals surface area contributed by atoms with Crippen LogP contribution in [-0.4, -0.2) is 24.0 Å². The number of nitrogens with zero attached hydrogens (tertiary/aromatic N) is 1. The molecule has 0 aromatic rings. The van der Waals surface area contributed by atoms with Crippen molar-refractivity contribution in [1.29, 1.82) is 0 Å².